The number of halogens is 1. The zero-order valence-electron chi connectivity index (χ0n) is 12.1. The second-order valence-electron chi connectivity index (χ2n) is 5.38. The molecular weight excluding hydrogens is 255 g/mol. The van der Waals surface area contributed by atoms with Gasteiger partial charge in [-0.05, 0) is 38.1 Å². The van der Waals surface area contributed by atoms with Crippen molar-refractivity contribution in [2.24, 2.45) is 0 Å². The quantitative estimate of drug-likeness (QED) is 0.792. The molecule has 1 heterocycles. The number of hydrogen-bond acceptors (Lipinski definition) is 2. The van der Waals surface area contributed by atoms with E-state index >= 15 is 0 Å². The Balaban J connectivity index is 1.88. The number of allylic oxidation sites excluding steroid dienone is 1. The Labute approximate surface area is 119 Å². The maximum atomic E-state index is 12.9. The molecule has 1 aliphatic heterocycles. The zero-order chi connectivity index (χ0) is 14.5. The molecule has 1 amide bonds. The molecule has 0 aromatic heterocycles. The van der Waals surface area contributed by atoms with Crippen LogP contribution in [0.3, 0.4) is 0 Å². The van der Waals surface area contributed by atoms with Crippen LogP contribution in [0.2, 0.25) is 0 Å². The van der Waals surface area contributed by atoms with E-state index in [1.165, 1.54) is 17.7 Å². The summed E-state index contributed by atoms with van der Waals surface area (Å²) in [4.78, 5) is 16.4. The molecular formula is C16H21FN2O. The number of carbonyl (C=O) groups excluding carboxylic acids is 1. The highest BCUT2D eigenvalue weighted by atomic mass is 19.1. The summed E-state index contributed by atoms with van der Waals surface area (Å²) in [7, 11) is 0. The van der Waals surface area contributed by atoms with Crippen LogP contribution in [0.1, 0.15) is 24.2 Å². The van der Waals surface area contributed by atoms with Crippen LogP contribution in [0, 0.1) is 5.82 Å². The van der Waals surface area contributed by atoms with Crippen LogP contribution in [0.15, 0.2) is 35.9 Å². The second-order valence-corrected chi connectivity index (χ2v) is 5.38. The van der Waals surface area contributed by atoms with Gasteiger partial charge in [0.25, 0.3) is 5.91 Å². The maximum absolute atomic E-state index is 12.9. The van der Waals surface area contributed by atoms with Crippen molar-refractivity contribution in [3.05, 3.63) is 47.3 Å². The lowest BCUT2D eigenvalue weighted by atomic mass is 10.1. The Morgan fingerprint density at radius 2 is 1.75 bits per heavy atom. The lowest BCUT2D eigenvalue weighted by Gasteiger charge is -2.34. The van der Waals surface area contributed by atoms with Gasteiger partial charge in [-0.1, -0.05) is 11.6 Å². The number of nitrogens with zero attached hydrogens (tertiary/aromatic N) is 2. The first kappa shape index (κ1) is 14.7. The molecule has 1 aromatic rings. The second kappa shape index (κ2) is 6.66. The molecule has 0 aliphatic carbocycles. The van der Waals surface area contributed by atoms with Gasteiger partial charge in [0.05, 0.1) is 0 Å². The van der Waals surface area contributed by atoms with E-state index in [2.05, 4.69) is 24.8 Å². The fraction of sp³-hybridized carbons (Fsp3) is 0.438. The average Bonchev–Trinajstić information content (AvgIpc) is 2.46. The summed E-state index contributed by atoms with van der Waals surface area (Å²) in [6.45, 7) is 8.36. The van der Waals surface area contributed by atoms with Crippen molar-refractivity contribution in [3.8, 4) is 0 Å². The topological polar surface area (TPSA) is 23.6 Å². The standard InChI is InChI=1S/C16H21FN2O/c1-13(2)7-8-18-9-11-19(12-10-18)16(20)14-3-5-15(17)6-4-14/h3-7H,8-12H2,1-2H3. The SMILES string of the molecule is CC(C)=CCN1CCN(C(=O)c2ccc(F)cc2)CC1. The van der Waals surface area contributed by atoms with Gasteiger partial charge in [0.1, 0.15) is 5.82 Å². The van der Waals surface area contributed by atoms with Gasteiger partial charge in [-0.3, -0.25) is 9.69 Å². The summed E-state index contributed by atoms with van der Waals surface area (Å²) in [5.41, 5.74) is 1.87. The number of piperazine rings is 1. The predicted molar refractivity (Wildman–Crippen MR) is 78.2 cm³/mol. The highest BCUT2D eigenvalue weighted by Crippen LogP contribution is 2.10. The Bertz CT molecular complexity index is 484. The first-order valence-electron chi connectivity index (χ1n) is 6.97. The van der Waals surface area contributed by atoms with E-state index in [1.54, 1.807) is 12.1 Å². The van der Waals surface area contributed by atoms with Crippen molar-refractivity contribution >= 4 is 5.91 Å². The Morgan fingerprint density at radius 3 is 2.30 bits per heavy atom. The average molecular weight is 276 g/mol. The molecule has 0 saturated carbocycles. The molecule has 3 nitrogen and oxygen atoms in total. The van der Waals surface area contributed by atoms with E-state index in [1.807, 2.05) is 4.90 Å². The number of hydrogen-bond donors (Lipinski definition) is 0. The van der Waals surface area contributed by atoms with Crippen molar-refractivity contribution in [3.63, 3.8) is 0 Å². The monoisotopic (exact) mass is 276 g/mol. The summed E-state index contributed by atoms with van der Waals surface area (Å²) in [5.74, 6) is -0.319. The van der Waals surface area contributed by atoms with Crippen LogP contribution in [0.25, 0.3) is 0 Å². The number of benzene rings is 1. The molecule has 1 fully saturated rings. The summed E-state index contributed by atoms with van der Waals surface area (Å²) in [6, 6.07) is 5.76. The third-order valence-electron chi connectivity index (χ3n) is 3.51. The molecule has 2 rings (SSSR count). The normalized spacial score (nSPS) is 16.1. The van der Waals surface area contributed by atoms with Crippen molar-refractivity contribution in [2.75, 3.05) is 32.7 Å². The van der Waals surface area contributed by atoms with Gasteiger partial charge in [-0.2, -0.15) is 0 Å². The van der Waals surface area contributed by atoms with Crippen LogP contribution < -0.4 is 0 Å². The van der Waals surface area contributed by atoms with Crippen LogP contribution >= 0.6 is 0 Å². The van der Waals surface area contributed by atoms with Gasteiger partial charge in [0.15, 0.2) is 0 Å². The summed E-state index contributed by atoms with van der Waals surface area (Å²) < 4.78 is 12.9. The van der Waals surface area contributed by atoms with Crippen LogP contribution in [-0.4, -0.2) is 48.4 Å². The highest BCUT2D eigenvalue weighted by Gasteiger charge is 2.21. The summed E-state index contributed by atoms with van der Waals surface area (Å²) in [5, 5.41) is 0. The summed E-state index contributed by atoms with van der Waals surface area (Å²) >= 11 is 0. The van der Waals surface area contributed by atoms with Crippen LogP contribution in [-0.2, 0) is 0 Å². The lowest BCUT2D eigenvalue weighted by molar-refractivity contribution is 0.0650. The van der Waals surface area contributed by atoms with Gasteiger partial charge < -0.3 is 4.90 Å². The Hall–Kier alpha value is -1.68. The highest BCUT2D eigenvalue weighted by molar-refractivity contribution is 5.94. The molecule has 0 N–H and O–H groups in total. The fourth-order valence-electron chi connectivity index (χ4n) is 2.22. The molecule has 1 aliphatic rings. The zero-order valence-corrected chi connectivity index (χ0v) is 12.1. The largest absolute Gasteiger partial charge is 0.336 e. The van der Waals surface area contributed by atoms with Gasteiger partial charge in [0.2, 0.25) is 0 Å². The van der Waals surface area contributed by atoms with E-state index in [9.17, 15) is 9.18 Å². The number of rotatable bonds is 3. The molecule has 0 atom stereocenters. The van der Waals surface area contributed by atoms with E-state index in [-0.39, 0.29) is 11.7 Å². The molecule has 20 heavy (non-hydrogen) atoms. The molecule has 4 heteroatoms. The third-order valence-corrected chi connectivity index (χ3v) is 3.51. The van der Waals surface area contributed by atoms with Gasteiger partial charge >= 0.3 is 0 Å². The smallest absolute Gasteiger partial charge is 0.253 e. The van der Waals surface area contributed by atoms with Gasteiger partial charge in [-0.15, -0.1) is 0 Å². The van der Waals surface area contributed by atoms with Gasteiger partial charge in [0, 0.05) is 38.3 Å². The molecule has 108 valence electrons. The van der Waals surface area contributed by atoms with E-state index < -0.39 is 0 Å². The van der Waals surface area contributed by atoms with Crippen molar-refractivity contribution < 1.29 is 9.18 Å². The van der Waals surface area contributed by atoms with Crippen molar-refractivity contribution in [1.82, 2.24) is 9.80 Å². The third kappa shape index (κ3) is 3.90. The maximum Gasteiger partial charge on any atom is 0.253 e. The molecule has 0 radical (unpaired) electrons. The molecule has 0 bridgehead atoms. The Kier molecular flexibility index (Phi) is 4.90. The molecule has 0 unspecified atom stereocenters. The van der Waals surface area contributed by atoms with Crippen molar-refractivity contribution in [1.29, 1.82) is 0 Å². The minimum absolute atomic E-state index is 0.00753. The predicted octanol–water partition coefficient (Wildman–Crippen LogP) is 2.55. The van der Waals surface area contributed by atoms with Gasteiger partial charge in [-0.25, -0.2) is 4.39 Å². The first-order chi connectivity index (χ1) is 9.56. The van der Waals surface area contributed by atoms with E-state index in [0.29, 0.717) is 5.56 Å². The first-order valence-corrected chi connectivity index (χ1v) is 6.97. The molecule has 1 aromatic carbocycles. The van der Waals surface area contributed by atoms with Crippen LogP contribution in [0.4, 0.5) is 4.39 Å². The minimum atomic E-state index is -0.312. The summed E-state index contributed by atoms with van der Waals surface area (Å²) in [6.07, 6.45) is 2.21. The number of carbonyl (C=O) groups is 1. The minimum Gasteiger partial charge on any atom is -0.336 e. The molecule has 0 spiro atoms. The Morgan fingerprint density at radius 1 is 1.15 bits per heavy atom. The molecule has 1 saturated heterocycles. The fourth-order valence-corrected chi connectivity index (χ4v) is 2.22. The number of amides is 1. The van der Waals surface area contributed by atoms with E-state index in [4.69, 9.17) is 0 Å². The lowest BCUT2D eigenvalue weighted by Crippen LogP contribution is -2.48. The van der Waals surface area contributed by atoms with E-state index in [0.717, 1.165) is 32.7 Å². The van der Waals surface area contributed by atoms with Crippen molar-refractivity contribution in [2.45, 2.75) is 13.8 Å². The van der Waals surface area contributed by atoms with Crippen LogP contribution in [0.5, 0.6) is 0 Å².